The van der Waals surface area contributed by atoms with E-state index in [0.717, 1.165) is 62.7 Å². The van der Waals surface area contributed by atoms with Gasteiger partial charge in [-0.15, -0.1) is 0 Å². The zero-order valence-corrected chi connectivity index (χ0v) is 25.4. The predicted molar refractivity (Wildman–Crippen MR) is 170 cm³/mol. The molecule has 1 aliphatic carbocycles. The van der Waals surface area contributed by atoms with Crippen molar-refractivity contribution in [3.05, 3.63) is 82.9 Å². The van der Waals surface area contributed by atoms with Crippen LogP contribution in [0.25, 0.3) is 0 Å². The second kappa shape index (κ2) is 14.8. The van der Waals surface area contributed by atoms with Gasteiger partial charge in [0.15, 0.2) is 11.6 Å². The molecule has 0 radical (unpaired) electrons. The van der Waals surface area contributed by atoms with Crippen molar-refractivity contribution in [1.82, 2.24) is 0 Å². The van der Waals surface area contributed by atoms with Crippen molar-refractivity contribution in [2.45, 2.75) is 79.1 Å². The van der Waals surface area contributed by atoms with Gasteiger partial charge < -0.3 is 15.4 Å². The Morgan fingerprint density at radius 2 is 1.36 bits per heavy atom. The summed E-state index contributed by atoms with van der Waals surface area (Å²) in [5.74, 6) is 0.475. The first-order valence-corrected chi connectivity index (χ1v) is 15.6. The molecule has 0 fully saturated rings. The zero-order valence-electron chi connectivity index (χ0n) is 25.4. The van der Waals surface area contributed by atoms with Crippen molar-refractivity contribution in [3.8, 4) is 5.75 Å². The van der Waals surface area contributed by atoms with Crippen LogP contribution in [0, 0.1) is 11.8 Å². The van der Waals surface area contributed by atoms with Crippen LogP contribution in [0.1, 0.15) is 111 Å². The van der Waals surface area contributed by atoms with E-state index in [0.29, 0.717) is 46.2 Å². The summed E-state index contributed by atoms with van der Waals surface area (Å²) in [5.41, 5.74) is 3.46. The molecule has 0 heterocycles. The minimum absolute atomic E-state index is 0.000634. The molecule has 42 heavy (non-hydrogen) atoms. The number of hydrogen-bond donors (Lipinski definition) is 2. The SMILES string of the molecule is CCCCC(CC)COc1ccc(Nc2ccc(NC(=O)C(CC)CCCC)cc2)c2c1C(=O)c1ccccc1C2=O. The summed E-state index contributed by atoms with van der Waals surface area (Å²) in [4.78, 5) is 40.3. The number of carbonyl (C=O) groups is 3. The molecule has 1 aliphatic rings. The Morgan fingerprint density at radius 3 is 1.98 bits per heavy atom. The van der Waals surface area contributed by atoms with Crippen LogP contribution in [-0.4, -0.2) is 24.1 Å². The summed E-state index contributed by atoms with van der Waals surface area (Å²) >= 11 is 0. The topological polar surface area (TPSA) is 84.5 Å². The van der Waals surface area contributed by atoms with Crippen LogP contribution in [0.3, 0.4) is 0 Å². The van der Waals surface area contributed by atoms with Gasteiger partial charge in [-0.1, -0.05) is 84.1 Å². The summed E-state index contributed by atoms with van der Waals surface area (Å²) in [6.07, 6.45) is 8.12. The number of nitrogens with one attached hydrogen (secondary N) is 2. The number of ketones is 2. The van der Waals surface area contributed by atoms with Crippen LogP contribution in [0.15, 0.2) is 60.7 Å². The summed E-state index contributed by atoms with van der Waals surface area (Å²) in [7, 11) is 0. The number of ether oxygens (including phenoxy) is 1. The lowest BCUT2D eigenvalue weighted by Crippen LogP contribution is -2.24. The first kappa shape index (κ1) is 31.0. The fourth-order valence-corrected chi connectivity index (χ4v) is 5.53. The number of rotatable bonds is 15. The summed E-state index contributed by atoms with van der Waals surface area (Å²) in [6.45, 7) is 9.01. The molecule has 0 spiro atoms. The average molecular weight is 569 g/mol. The van der Waals surface area contributed by atoms with E-state index < -0.39 is 0 Å². The third-order valence-electron chi connectivity index (χ3n) is 8.26. The van der Waals surface area contributed by atoms with Crippen molar-refractivity contribution < 1.29 is 19.1 Å². The highest BCUT2D eigenvalue weighted by Crippen LogP contribution is 2.39. The van der Waals surface area contributed by atoms with Crippen molar-refractivity contribution in [1.29, 1.82) is 0 Å². The van der Waals surface area contributed by atoms with Crippen LogP contribution < -0.4 is 15.4 Å². The van der Waals surface area contributed by atoms with Crippen molar-refractivity contribution in [2.24, 2.45) is 11.8 Å². The van der Waals surface area contributed by atoms with Gasteiger partial charge in [-0.25, -0.2) is 0 Å². The van der Waals surface area contributed by atoms with Crippen molar-refractivity contribution >= 4 is 34.5 Å². The molecule has 0 aliphatic heterocycles. The number of amides is 1. The van der Waals surface area contributed by atoms with E-state index in [2.05, 4.69) is 31.4 Å². The van der Waals surface area contributed by atoms with Gasteiger partial charge in [0.05, 0.1) is 23.4 Å². The molecule has 3 aromatic carbocycles. The quantitative estimate of drug-likeness (QED) is 0.150. The lowest BCUT2D eigenvalue weighted by molar-refractivity contribution is -0.120. The lowest BCUT2D eigenvalue weighted by Gasteiger charge is -2.24. The Labute approximate surface area is 250 Å². The molecule has 2 N–H and O–H groups in total. The third kappa shape index (κ3) is 7.10. The minimum Gasteiger partial charge on any atom is -0.493 e. The highest BCUT2D eigenvalue weighted by Gasteiger charge is 2.34. The average Bonchev–Trinajstić information content (AvgIpc) is 3.01. The van der Waals surface area contributed by atoms with E-state index in [4.69, 9.17) is 4.74 Å². The van der Waals surface area contributed by atoms with Crippen LogP contribution >= 0.6 is 0 Å². The molecule has 4 rings (SSSR count). The second-order valence-corrected chi connectivity index (χ2v) is 11.2. The maximum Gasteiger partial charge on any atom is 0.227 e. The number of fused-ring (bicyclic) bond motifs is 2. The lowest BCUT2D eigenvalue weighted by atomic mass is 9.82. The van der Waals surface area contributed by atoms with E-state index in [1.165, 1.54) is 0 Å². The molecule has 0 saturated heterocycles. The van der Waals surface area contributed by atoms with Crippen LogP contribution in [0.2, 0.25) is 0 Å². The van der Waals surface area contributed by atoms with E-state index in [1.54, 1.807) is 30.3 Å². The van der Waals surface area contributed by atoms with E-state index in [1.807, 2.05) is 37.3 Å². The Morgan fingerprint density at radius 1 is 0.738 bits per heavy atom. The van der Waals surface area contributed by atoms with Gasteiger partial charge >= 0.3 is 0 Å². The maximum absolute atomic E-state index is 13.8. The number of benzene rings is 3. The molecular weight excluding hydrogens is 524 g/mol. The van der Waals surface area contributed by atoms with Gasteiger partial charge in [0.25, 0.3) is 0 Å². The zero-order chi connectivity index (χ0) is 30.1. The molecule has 6 nitrogen and oxygen atoms in total. The summed E-state index contributed by atoms with van der Waals surface area (Å²) < 4.78 is 6.26. The largest absolute Gasteiger partial charge is 0.493 e. The maximum atomic E-state index is 13.8. The fraction of sp³-hybridized carbons (Fsp3) is 0.417. The minimum atomic E-state index is -0.202. The Bertz CT molecular complexity index is 1400. The Balaban J connectivity index is 1.60. The van der Waals surface area contributed by atoms with E-state index >= 15 is 0 Å². The van der Waals surface area contributed by atoms with Gasteiger partial charge in [-0.2, -0.15) is 0 Å². The van der Waals surface area contributed by atoms with E-state index in [9.17, 15) is 14.4 Å². The molecule has 1 amide bonds. The summed E-state index contributed by atoms with van der Waals surface area (Å²) in [6, 6.07) is 18.0. The van der Waals surface area contributed by atoms with Gasteiger partial charge in [0, 0.05) is 28.4 Å². The smallest absolute Gasteiger partial charge is 0.227 e. The molecular formula is C36H44N2O4. The molecule has 3 aromatic rings. The van der Waals surface area contributed by atoms with Crippen molar-refractivity contribution in [2.75, 3.05) is 17.2 Å². The molecule has 222 valence electrons. The normalized spacial score (nSPS) is 13.6. The predicted octanol–water partition coefficient (Wildman–Crippen LogP) is 8.96. The fourth-order valence-electron chi connectivity index (χ4n) is 5.53. The number of carbonyl (C=O) groups excluding carboxylic acids is 3. The van der Waals surface area contributed by atoms with Crippen LogP contribution in [0.5, 0.6) is 5.75 Å². The molecule has 0 saturated carbocycles. The third-order valence-corrected chi connectivity index (χ3v) is 8.26. The molecule has 6 heteroatoms. The first-order chi connectivity index (χ1) is 20.4. The van der Waals surface area contributed by atoms with Gasteiger partial charge in [0.2, 0.25) is 5.91 Å². The monoisotopic (exact) mass is 568 g/mol. The number of unbranched alkanes of at least 4 members (excludes halogenated alkanes) is 2. The highest BCUT2D eigenvalue weighted by atomic mass is 16.5. The van der Waals surface area contributed by atoms with Gasteiger partial charge in [-0.3, -0.25) is 14.4 Å². The van der Waals surface area contributed by atoms with Crippen molar-refractivity contribution in [3.63, 3.8) is 0 Å². The number of hydrogen-bond acceptors (Lipinski definition) is 5. The molecule has 2 atom stereocenters. The molecule has 2 unspecified atom stereocenters. The Kier molecular flexibility index (Phi) is 10.9. The Hall–Kier alpha value is -3.93. The molecule has 0 bridgehead atoms. The van der Waals surface area contributed by atoms with E-state index in [-0.39, 0.29) is 23.4 Å². The van der Waals surface area contributed by atoms with Crippen LogP contribution in [-0.2, 0) is 4.79 Å². The van der Waals surface area contributed by atoms with Gasteiger partial charge in [0.1, 0.15) is 5.75 Å². The highest BCUT2D eigenvalue weighted by molar-refractivity contribution is 6.31. The second-order valence-electron chi connectivity index (χ2n) is 11.2. The first-order valence-electron chi connectivity index (χ1n) is 15.6. The standard InChI is InChI=1S/C36H44N2O4/c1-5-9-13-24(7-3)23-42-31-22-21-30(32-33(31)35(40)29-16-12-11-15-28(29)34(32)39)37-26-17-19-27(20-18-26)38-36(41)25(8-4)14-10-6-2/h11-12,15-22,24-25,37H,5-10,13-14,23H2,1-4H3,(H,38,41). The summed E-state index contributed by atoms with van der Waals surface area (Å²) in [5, 5.41) is 6.38. The van der Waals surface area contributed by atoms with Gasteiger partial charge in [-0.05, 0) is 61.6 Å². The number of anilines is 3. The molecule has 0 aromatic heterocycles. The van der Waals surface area contributed by atoms with Crippen LogP contribution in [0.4, 0.5) is 17.1 Å².